The summed E-state index contributed by atoms with van der Waals surface area (Å²) in [7, 11) is 0. The number of benzene rings is 1. The second-order valence-electron chi connectivity index (χ2n) is 7.05. The molecule has 1 atom stereocenters. The van der Waals surface area contributed by atoms with Gasteiger partial charge in [0.05, 0.1) is 6.61 Å². The van der Waals surface area contributed by atoms with E-state index >= 15 is 0 Å². The first-order chi connectivity index (χ1) is 13.0. The van der Waals surface area contributed by atoms with Gasteiger partial charge in [0, 0.05) is 29.7 Å². The highest BCUT2D eigenvalue weighted by molar-refractivity contribution is 5.89. The first-order valence-corrected chi connectivity index (χ1v) is 9.65. The smallest absolute Gasteiger partial charge is 0.331 e. The van der Waals surface area contributed by atoms with Crippen LogP contribution in [0.4, 0.5) is 0 Å². The van der Waals surface area contributed by atoms with Crippen LogP contribution in [-0.4, -0.2) is 37.2 Å². The number of carbonyl (C=O) groups is 2. The van der Waals surface area contributed by atoms with Crippen molar-refractivity contribution in [3.05, 3.63) is 29.3 Å². The fraction of sp³-hybridized carbons (Fsp3) is 0.524. The Kier molecular flexibility index (Phi) is 6.37. The summed E-state index contributed by atoms with van der Waals surface area (Å²) < 4.78 is 16.5. The van der Waals surface area contributed by atoms with E-state index < -0.39 is 5.97 Å². The molecule has 1 fully saturated rings. The topological polar surface area (TPSA) is 73.9 Å². The van der Waals surface area contributed by atoms with Gasteiger partial charge < -0.3 is 19.5 Å². The highest BCUT2D eigenvalue weighted by Crippen LogP contribution is 2.35. The van der Waals surface area contributed by atoms with Crippen LogP contribution in [0.2, 0.25) is 0 Å². The molecule has 3 rings (SSSR count). The molecule has 0 unspecified atom stereocenters. The lowest BCUT2D eigenvalue weighted by Gasteiger charge is -2.11. The summed E-state index contributed by atoms with van der Waals surface area (Å²) in [5.41, 5.74) is 1.85. The molecule has 1 saturated carbocycles. The van der Waals surface area contributed by atoms with E-state index in [-0.39, 0.29) is 24.7 Å². The lowest BCUT2D eigenvalue weighted by molar-refractivity contribution is -0.144. The minimum Gasteiger partial charge on any atom is -0.493 e. The van der Waals surface area contributed by atoms with E-state index in [0.29, 0.717) is 12.4 Å². The molecule has 1 N–H and O–H groups in total. The quantitative estimate of drug-likeness (QED) is 0.587. The fourth-order valence-corrected chi connectivity index (χ4v) is 3.55. The van der Waals surface area contributed by atoms with Crippen molar-refractivity contribution in [1.29, 1.82) is 0 Å². The van der Waals surface area contributed by atoms with Gasteiger partial charge in [-0.25, -0.2) is 4.79 Å². The minimum atomic E-state index is -0.561. The number of hydrogen-bond acceptors (Lipinski definition) is 5. The third-order valence-electron chi connectivity index (χ3n) is 4.79. The maximum Gasteiger partial charge on any atom is 0.331 e. The summed E-state index contributed by atoms with van der Waals surface area (Å²) in [6, 6.07) is 4.05. The molecule has 1 amide bonds. The van der Waals surface area contributed by atoms with E-state index in [4.69, 9.17) is 14.2 Å². The Bertz CT molecular complexity index is 722. The summed E-state index contributed by atoms with van der Waals surface area (Å²) in [5, 5.41) is 2.89. The number of esters is 1. The van der Waals surface area contributed by atoms with Crippen molar-refractivity contribution in [2.45, 2.75) is 58.1 Å². The number of fused-ring (bicyclic) bond motifs is 1. The molecule has 0 bridgehead atoms. The zero-order valence-corrected chi connectivity index (χ0v) is 16.0. The van der Waals surface area contributed by atoms with Gasteiger partial charge in [-0.1, -0.05) is 12.8 Å². The summed E-state index contributed by atoms with van der Waals surface area (Å²) in [6.07, 6.45) is 8.20. The van der Waals surface area contributed by atoms with Crippen molar-refractivity contribution in [3.63, 3.8) is 0 Å². The van der Waals surface area contributed by atoms with Gasteiger partial charge in [0.25, 0.3) is 5.91 Å². The lowest BCUT2D eigenvalue weighted by Crippen LogP contribution is -2.35. The monoisotopic (exact) mass is 373 g/mol. The van der Waals surface area contributed by atoms with E-state index in [9.17, 15) is 9.59 Å². The largest absolute Gasteiger partial charge is 0.493 e. The van der Waals surface area contributed by atoms with E-state index in [1.165, 1.54) is 6.08 Å². The molecule has 0 saturated heterocycles. The van der Waals surface area contributed by atoms with Crippen LogP contribution in [0, 0.1) is 0 Å². The molecule has 6 heteroatoms. The lowest BCUT2D eigenvalue weighted by atomic mass is 10.1. The van der Waals surface area contributed by atoms with Crippen molar-refractivity contribution in [2.24, 2.45) is 0 Å². The number of ether oxygens (including phenoxy) is 3. The van der Waals surface area contributed by atoms with E-state index in [2.05, 4.69) is 5.32 Å². The zero-order valence-electron chi connectivity index (χ0n) is 16.0. The van der Waals surface area contributed by atoms with Crippen molar-refractivity contribution in [1.82, 2.24) is 5.32 Å². The first-order valence-electron chi connectivity index (χ1n) is 9.65. The molecule has 0 aromatic heterocycles. The van der Waals surface area contributed by atoms with E-state index in [0.717, 1.165) is 49.0 Å². The van der Waals surface area contributed by atoms with Crippen LogP contribution in [0.25, 0.3) is 6.08 Å². The normalized spacial score (nSPS) is 19.0. The second-order valence-corrected chi connectivity index (χ2v) is 7.05. The molecule has 1 aliphatic heterocycles. The van der Waals surface area contributed by atoms with Gasteiger partial charge in [-0.05, 0) is 44.9 Å². The van der Waals surface area contributed by atoms with E-state index in [1.807, 2.05) is 26.0 Å². The highest BCUT2D eigenvalue weighted by Gasteiger charge is 2.21. The van der Waals surface area contributed by atoms with Gasteiger partial charge in [0.15, 0.2) is 6.61 Å². The van der Waals surface area contributed by atoms with Crippen LogP contribution < -0.4 is 14.8 Å². The van der Waals surface area contributed by atoms with Gasteiger partial charge in [-0.2, -0.15) is 0 Å². The molecule has 1 aliphatic carbocycles. The number of rotatable bonds is 7. The number of amides is 1. The predicted octanol–water partition coefficient (Wildman–Crippen LogP) is 3.02. The Morgan fingerprint density at radius 3 is 2.81 bits per heavy atom. The van der Waals surface area contributed by atoms with Gasteiger partial charge in [0.1, 0.15) is 17.6 Å². The molecule has 1 aromatic carbocycles. The Balaban J connectivity index is 1.57. The number of carbonyl (C=O) groups excluding carboxylic acids is 2. The number of nitrogens with one attached hydrogen (secondary N) is 1. The maximum absolute atomic E-state index is 12.0. The molecule has 0 radical (unpaired) electrons. The Morgan fingerprint density at radius 2 is 2.07 bits per heavy atom. The van der Waals surface area contributed by atoms with Gasteiger partial charge in [-0.15, -0.1) is 0 Å². The number of hydrogen-bond donors (Lipinski definition) is 1. The highest BCUT2D eigenvalue weighted by atomic mass is 16.5. The summed E-state index contributed by atoms with van der Waals surface area (Å²) >= 11 is 0. The summed E-state index contributed by atoms with van der Waals surface area (Å²) in [6.45, 7) is 4.20. The third kappa shape index (κ3) is 5.25. The second kappa shape index (κ2) is 8.93. The minimum absolute atomic E-state index is 0.136. The summed E-state index contributed by atoms with van der Waals surface area (Å²) in [4.78, 5) is 23.8. The molecule has 27 heavy (non-hydrogen) atoms. The zero-order chi connectivity index (χ0) is 19.2. The van der Waals surface area contributed by atoms with Crippen LogP contribution in [0.15, 0.2) is 18.2 Å². The molecule has 1 heterocycles. The van der Waals surface area contributed by atoms with Crippen LogP contribution in [0.5, 0.6) is 11.5 Å². The van der Waals surface area contributed by atoms with Gasteiger partial charge >= 0.3 is 5.97 Å². The van der Waals surface area contributed by atoms with Crippen LogP contribution >= 0.6 is 0 Å². The fourth-order valence-electron chi connectivity index (χ4n) is 3.55. The van der Waals surface area contributed by atoms with Crippen LogP contribution in [0.3, 0.4) is 0 Å². The van der Waals surface area contributed by atoms with Crippen molar-refractivity contribution >= 4 is 18.0 Å². The molecule has 0 spiro atoms. The predicted molar refractivity (Wildman–Crippen MR) is 102 cm³/mol. The average Bonchev–Trinajstić information content (AvgIpc) is 3.26. The van der Waals surface area contributed by atoms with Crippen molar-refractivity contribution in [3.8, 4) is 11.5 Å². The standard InChI is InChI=1S/C21H27NO5/c1-3-25-18-12-16-10-14(2)27-19(16)11-15(18)8-9-21(24)26-13-20(23)22-17-6-4-5-7-17/h8-9,11-12,14,17H,3-7,10,13H2,1-2H3,(H,22,23)/b9-8+/t14-/m1/s1. The van der Waals surface area contributed by atoms with Crippen LogP contribution in [-0.2, 0) is 20.7 Å². The van der Waals surface area contributed by atoms with Gasteiger partial charge in [0.2, 0.25) is 0 Å². The third-order valence-corrected chi connectivity index (χ3v) is 4.79. The van der Waals surface area contributed by atoms with E-state index in [1.54, 1.807) is 6.08 Å². The molecule has 1 aromatic rings. The summed E-state index contributed by atoms with van der Waals surface area (Å²) in [5.74, 6) is 0.708. The Hall–Kier alpha value is -2.50. The van der Waals surface area contributed by atoms with Crippen molar-refractivity contribution < 1.29 is 23.8 Å². The first kappa shape index (κ1) is 19.3. The van der Waals surface area contributed by atoms with Crippen LogP contribution in [0.1, 0.15) is 50.7 Å². The Morgan fingerprint density at radius 1 is 1.30 bits per heavy atom. The average molecular weight is 373 g/mol. The molecule has 2 aliphatic rings. The molecule has 146 valence electrons. The maximum atomic E-state index is 12.0. The SMILES string of the molecule is CCOc1cc2c(cc1/C=C/C(=O)OCC(=O)NC1CCCC1)O[C@H](C)C2. The van der Waals surface area contributed by atoms with Crippen molar-refractivity contribution in [2.75, 3.05) is 13.2 Å². The molecule has 6 nitrogen and oxygen atoms in total. The Labute approximate surface area is 159 Å². The van der Waals surface area contributed by atoms with Gasteiger partial charge in [-0.3, -0.25) is 4.79 Å². The molecular weight excluding hydrogens is 346 g/mol. The molecular formula is C21H27NO5.